The average molecular weight is 401 g/mol. The van der Waals surface area contributed by atoms with E-state index >= 15 is 0 Å². The van der Waals surface area contributed by atoms with Crippen molar-refractivity contribution in [2.45, 2.75) is 13.3 Å². The standard InChI is InChI=1S/C26H19N5/c1-17-6-4-11-23(29-17)26-25(21-12-13-28-22-10-3-2-9-20(21)22)30-24(31-26)15-18-7-5-8-19(14-18)16-27/h2-14H,15H2,1H3,(H,30,31). The zero-order chi connectivity index (χ0) is 21.2. The van der Waals surface area contributed by atoms with Crippen molar-refractivity contribution in [3.63, 3.8) is 0 Å². The van der Waals surface area contributed by atoms with Gasteiger partial charge in [0, 0.05) is 29.3 Å². The Kier molecular flexibility index (Phi) is 4.74. The highest BCUT2D eigenvalue weighted by molar-refractivity contribution is 5.96. The molecule has 5 nitrogen and oxygen atoms in total. The molecular formula is C26H19N5. The number of fused-ring (bicyclic) bond motifs is 1. The van der Waals surface area contributed by atoms with Crippen LogP contribution in [0.3, 0.4) is 0 Å². The van der Waals surface area contributed by atoms with Gasteiger partial charge >= 0.3 is 0 Å². The fourth-order valence-corrected chi connectivity index (χ4v) is 3.82. The van der Waals surface area contributed by atoms with E-state index in [4.69, 9.17) is 9.97 Å². The van der Waals surface area contributed by atoms with Crippen LogP contribution in [0.25, 0.3) is 33.5 Å². The summed E-state index contributed by atoms with van der Waals surface area (Å²) in [5, 5.41) is 10.3. The molecule has 0 aliphatic rings. The summed E-state index contributed by atoms with van der Waals surface area (Å²) >= 11 is 0. The first-order chi connectivity index (χ1) is 15.2. The number of hydrogen-bond donors (Lipinski definition) is 1. The average Bonchev–Trinajstić information content (AvgIpc) is 3.22. The quantitative estimate of drug-likeness (QED) is 0.434. The van der Waals surface area contributed by atoms with E-state index in [0.29, 0.717) is 12.0 Å². The number of para-hydroxylation sites is 1. The SMILES string of the molecule is Cc1cccc(-c2[nH]c(Cc3cccc(C#N)c3)nc2-c2ccnc3ccccc23)n1. The lowest BCUT2D eigenvalue weighted by Crippen LogP contribution is -1.92. The maximum Gasteiger partial charge on any atom is 0.111 e. The summed E-state index contributed by atoms with van der Waals surface area (Å²) in [5.74, 6) is 0.823. The number of pyridine rings is 2. The summed E-state index contributed by atoms with van der Waals surface area (Å²) in [6.07, 6.45) is 2.41. The summed E-state index contributed by atoms with van der Waals surface area (Å²) in [7, 11) is 0. The van der Waals surface area contributed by atoms with E-state index < -0.39 is 0 Å². The van der Waals surface area contributed by atoms with E-state index in [1.54, 1.807) is 0 Å². The van der Waals surface area contributed by atoms with Crippen LogP contribution in [0.1, 0.15) is 22.6 Å². The van der Waals surface area contributed by atoms with Crippen LogP contribution in [0.15, 0.2) is 79.0 Å². The normalized spacial score (nSPS) is 10.8. The van der Waals surface area contributed by atoms with Gasteiger partial charge in [-0.15, -0.1) is 0 Å². The number of aromatic amines is 1. The molecule has 0 saturated carbocycles. The van der Waals surface area contributed by atoms with Crippen molar-refractivity contribution in [3.8, 4) is 28.7 Å². The van der Waals surface area contributed by atoms with Crippen molar-refractivity contribution in [1.82, 2.24) is 19.9 Å². The molecule has 5 rings (SSSR count). The van der Waals surface area contributed by atoms with Gasteiger partial charge in [0.05, 0.1) is 34.2 Å². The zero-order valence-electron chi connectivity index (χ0n) is 17.0. The molecule has 0 fully saturated rings. The van der Waals surface area contributed by atoms with Crippen molar-refractivity contribution in [2.24, 2.45) is 0 Å². The van der Waals surface area contributed by atoms with Crippen LogP contribution in [-0.4, -0.2) is 19.9 Å². The van der Waals surface area contributed by atoms with Crippen molar-refractivity contribution < 1.29 is 0 Å². The minimum absolute atomic E-state index is 0.595. The monoisotopic (exact) mass is 401 g/mol. The van der Waals surface area contributed by atoms with Gasteiger partial charge in [-0.25, -0.2) is 4.98 Å². The Morgan fingerprint density at radius 2 is 1.81 bits per heavy atom. The summed E-state index contributed by atoms with van der Waals surface area (Å²) in [6.45, 7) is 1.98. The fourth-order valence-electron chi connectivity index (χ4n) is 3.82. The van der Waals surface area contributed by atoms with Crippen LogP contribution in [0, 0.1) is 18.3 Å². The van der Waals surface area contributed by atoms with Crippen LogP contribution in [0.4, 0.5) is 0 Å². The Balaban J connectivity index is 1.68. The fraction of sp³-hybridized carbons (Fsp3) is 0.0769. The molecule has 5 aromatic rings. The Morgan fingerprint density at radius 1 is 0.935 bits per heavy atom. The van der Waals surface area contributed by atoms with E-state index in [9.17, 15) is 5.26 Å². The van der Waals surface area contributed by atoms with Gasteiger partial charge in [0.2, 0.25) is 0 Å². The number of nitriles is 1. The minimum Gasteiger partial charge on any atom is -0.340 e. The molecule has 3 aromatic heterocycles. The van der Waals surface area contributed by atoms with E-state index in [1.165, 1.54) is 0 Å². The number of aryl methyl sites for hydroxylation is 1. The third-order valence-corrected chi connectivity index (χ3v) is 5.23. The summed E-state index contributed by atoms with van der Waals surface area (Å²) in [6, 6.07) is 25.9. The molecule has 0 spiro atoms. The van der Waals surface area contributed by atoms with Crippen LogP contribution in [0.2, 0.25) is 0 Å². The Morgan fingerprint density at radius 3 is 2.68 bits per heavy atom. The predicted molar refractivity (Wildman–Crippen MR) is 121 cm³/mol. The molecule has 0 atom stereocenters. The Bertz CT molecular complexity index is 1440. The predicted octanol–water partition coefficient (Wildman–Crippen LogP) is 5.46. The molecule has 1 N–H and O–H groups in total. The number of imidazole rings is 1. The van der Waals surface area contributed by atoms with Gasteiger partial charge in [-0.3, -0.25) is 9.97 Å². The molecule has 0 amide bonds. The topological polar surface area (TPSA) is 78.2 Å². The Labute approximate surface area is 180 Å². The smallest absolute Gasteiger partial charge is 0.111 e. The van der Waals surface area contributed by atoms with Crippen molar-refractivity contribution in [2.75, 3.05) is 0 Å². The first-order valence-corrected chi connectivity index (χ1v) is 10.1. The number of benzene rings is 2. The summed E-state index contributed by atoms with van der Waals surface area (Å²) in [5.41, 5.74) is 7.13. The van der Waals surface area contributed by atoms with Gasteiger partial charge in [-0.1, -0.05) is 36.4 Å². The van der Waals surface area contributed by atoms with Gasteiger partial charge < -0.3 is 4.98 Å². The second-order valence-corrected chi connectivity index (χ2v) is 7.44. The first kappa shape index (κ1) is 18.7. The number of rotatable bonds is 4. The van der Waals surface area contributed by atoms with Gasteiger partial charge in [0.15, 0.2) is 0 Å². The van der Waals surface area contributed by atoms with Crippen LogP contribution in [-0.2, 0) is 6.42 Å². The second kappa shape index (κ2) is 7.85. The maximum absolute atomic E-state index is 9.21. The lowest BCUT2D eigenvalue weighted by molar-refractivity contribution is 1.03. The van der Waals surface area contributed by atoms with E-state index in [1.807, 2.05) is 79.9 Å². The molecule has 0 saturated heterocycles. The highest BCUT2D eigenvalue weighted by Crippen LogP contribution is 2.33. The van der Waals surface area contributed by atoms with Gasteiger partial charge in [-0.05, 0) is 48.9 Å². The molecule has 0 bridgehead atoms. The number of nitrogens with zero attached hydrogens (tertiary/aromatic N) is 4. The molecule has 0 unspecified atom stereocenters. The lowest BCUT2D eigenvalue weighted by Gasteiger charge is -2.06. The molecule has 0 radical (unpaired) electrons. The molecule has 5 heteroatoms. The maximum atomic E-state index is 9.21. The van der Waals surface area contributed by atoms with Crippen LogP contribution >= 0.6 is 0 Å². The van der Waals surface area contributed by atoms with Crippen LogP contribution in [0.5, 0.6) is 0 Å². The van der Waals surface area contributed by atoms with Crippen molar-refractivity contribution >= 4 is 10.9 Å². The number of aromatic nitrogens is 4. The number of hydrogen-bond acceptors (Lipinski definition) is 4. The van der Waals surface area contributed by atoms with E-state index in [0.717, 1.165) is 50.6 Å². The lowest BCUT2D eigenvalue weighted by atomic mass is 10.0. The third-order valence-electron chi connectivity index (χ3n) is 5.23. The van der Waals surface area contributed by atoms with E-state index in [-0.39, 0.29) is 0 Å². The van der Waals surface area contributed by atoms with Gasteiger partial charge in [-0.2, -0.15) is 5.26 Å². The third kappa shape index (κ3) is 3.67. The molecule has 2 aromatic carbocycles. The largest absolute Gasteiger partial charge is 0.340 e. The molecule has 148 valence electrons. The Hall–Kier alpha value is -4.30. The molecule has 0 aliphatic carbocycles. The number of H-pyrrole nitrogens is 1. The van der Waals surface area contributed by atoms with Gasteiger partial charge in [0.1, 0.15) is 5.82 Å². The highest BCUT2D eigenvalue weighted by Gasteiger charge is 2.18. The minimum atomic E-state index is 0.595. The first-order valence-electron chi connectivity index (χ1n) is 10.1. The molecule has 0 aliphatic heterocycles. The molecule has 31 heavy (non-hydrogen) atoms. The summed E-state index contributed by atoms with van der Waals surface area (Å²) in [4.78, 5) is 17.7. The zero-order valence-corrected chi connectivity index (χ0v) is 17.0. The van der Waals surface area contributed by atoms with Gasteiger partial charge in [0.25, 0.3) is 0 Å². The van der Waals surface area contributed by atoms with Crippen molar-refractivity contribution in [3.05, 3.63) is 102 Å². The molecule has 3 heterocycles. The molecular weight excluding hydrogens is 382 g/mol. The van der Waals surface area contributed by atoms with Crippen LogP contribution < -0.4 is 0 Å². The van der Waals surface area contributed by atoms with E-state index in [2.05, 4.69) is 22.1 Å². The summed E-state index contributed by atoms with van der Waals surface area (Å²) < 4.78 is 0. The van der Waals surface area contributed by atoms with Crippen molar-refractivity contribution in [1.29, 1.82) is 5.26 Å². The number of nitrogens with one attached hydrogen (secondary N) is 1. The second-order valence-electron chi connectivity index (χ2n) is 7.44. The highest BCUT2D eigenvalue weighted by atomic mass is 15.0.